The van der Waals surface area contributed by atoms with Gasteiger partial charge in [0.05, 0.1) is 5.92 Å². The number of benzene rings is 1. The van der Waals surface area contributed by atoms with Gasteiger partial charge in [0.2, 0.25) is 0 Å². The largest absolute Gasteiger partial charge is 0.481 e. The Labute approximate surface area is 124 Å². The predicted octanol–water partition coefficient (Wildman–Crippen LogP) is 2.17. The second-order valence-corrected chi connectivity index (χ2v) is 5.33. The van der Waals surface area contributed by atoms with Crippen LogP contribution in [0.25, 0.3) is 0 Å². The van der Waals surface area contributed by atoms with Crippen LogP contribution in [0.2, 0.25) is 0 Å². The van der Waals surface area contributed by atoms with Crippen molar-refractivity contribution >= 4 is 11.9 Å². The molecule has 3 atom stereocenters. The van der Waals surface area contributed by atoms with Crippen LogP contribution in [0.15, 0.2) is 30.3 Å². The van der Waals surface area contributed by atoms with Gasteiger partial charge in [-0.2, -0.15) is 0 Å². The Morgan fingerprint density at radius 1 is 1.38 bits per heavy atom. The molecule has 0 aliphatic carbocycles. The molecule has 2 rings (SSSR count). The minimum absolute atomic E-state index is 0.127. The van der Waals surface area contributed by atoms with Gasteiger partial charge in [-0.15, -0.1) is 0 Å². The fraction of sp³-hybridized carbons (Fsp3) is 0.500. The van der Waals surface area contributed by atoms with Crippen LogP contribution in [-0.4, -0.2) is 40.6 Å². The molecule has 1 saturated heterocycles. The van der Waals surface area contributed by atoms with E-state index in [9.17, 15) is 9.59 Å². The van der Waals surface area contributed by atoms with Gasteiger partial charge >= 0.3 is 5.97 Å². The van der Waals surface area contributed by atoms with Gasteiger partial charge < -0.3 is 14.7 Å². The molecular weight excluding hydrogens is 270 g/mol. The molecule has 1 fully saturated rings. The lowest BCUT2D eigenvalue weighted by atomic mass is 10.0. The van der Waals surface area contributed by atoms with E-state index in [0.29, 0.717) is 25.1 Å². The molecule has 3 unspecified atom stereocenters. The molecule has 1 heterocycles. The molecule has 1 N–H and O–H groups in total. The molecule has 0 bridgehead atoms. The summed E-state index contributed by atoms with van der Waals surface area (Å²) in [6, 6.07) is 8.92. The summed E-state index contributed by atoms with van der Waals surface area (Å²) in [6.07, 6.45) is 0.487. The van der Waals surface area contributed by atoms with E-state index < -0.39 is 18.0 Å². The Morgan fingerprint density at radius 3 is 2.57 bits per heavy atom. The summed E-state index contributed by atoms with van der Waals surface area (Å²) < 4.78 is 5.74. The molecule has 0 saturated carbocycles. The molecule has 0 spiro atoms. The van der Waals surface area contributed by atoms with E-state index in [4.69, 9.17) is 9.84 Å². The van der Waals surface area contributed by atoms with E-state index in [1.807, 2.05) is 37.3 Å². The third-order valence-electron chi connectivity index (χ3n) is 4.02. The quantitative estimate of drug-likeness (QED) is 0.903. The normalized spacial score (nSPS) is 22.9. The molecule has 1 amide bonds. The minimum Gasteiger partial charge on any atom is -0.481 e. The van der Waals surface area contributed by atoms with E-state index >= 15 is 0 Å². The monoisotopic (exact) mass is 291 g/mol. The van der Waals surface area contributed by atoms with Crippen LogP contribution in [0.4, 0.5) is 0 Å². The third kappa shape index (κ3) is 3.35. The highest BCUT2D eigenvalue weighted by atomic mass is 16.5. The molecule has 1 aromatic rings. The first-order valence-corrected chi connectivity index (χ1v) is 7.29. The number of carbonyl (C=O) groups excluding carboxylic acids is 1. The topological polar surface area (TPSA) is 66.8 Å². The molecule has 0 aromatic heterocycles. The van der Waals surface area contributed by atoms with Crippen molar-refractivity contribution in [3.05, 3.63) is 30.3 Å². The van der Waals surface area contributed by atoms with Crippen molar-refractivity contribution in [2.75, 3.05) is 6.54 Å². The van der Waals surface area contributed by atoms with Crippen molar-refractivity contribution < 1.29 is 19.4 Å². The Bertz CT molecular complexity index is 502. The van der Waals surface area contributed by atoms with Crippen LogP contribution >= 0.6 is 0 Å². The van der Waals surface area contributed by atoms with E-state index in [1.165, 1.54) is 0 Å². The van der Waals surface area contributed by atoms with Crippen LogP contribution in [0.3, 0.4) is 0 Å². The van der Waals surface area contributed by atoms with Crippen molar-refractivity contribution in [3.63, 3.8) is 0 Å². The number of hydrogen-bond acceptors (Lipinski definition) is 3. The first kappa shape index (κ1) is 15.4. The van der Waals surface area contributed by atoms with E-state index in [1.54, 1.807) is 11.8 Å². The van der Waals surface area contributed by atoms with Gasteiger partial charge in [-0.25, -0.2) is 0 Å². The highest BCUT2D eigenvalue weighted by Crippen LogP contribution is 2.26. The van der Waals surface area contributed by atoms with E-state index in [-0.39, 0.29) is 11.9 Å². The van der Waals surface area contributed by atoms with Gasteiger partial charge in [-0.05, 0) is 31.9 Å². The lowest BCUT2D eigenvalue weighted by Crippen LogP contribution is -2.45. The molecule has 5 nitrogen and oxygen atoms in total. The Balaban J connectivity index is 2.05. The number of para-hydroxylation sites is 1. The van der Waals surface area contributed by atoms with Crippen molar-refractivity contribution in [1.29, 1.82) is 0 Å². The molecule has 114 valence electrons. The number of carboxylic acids is 1. The highest BCUT2D eigenvalue weighted by molar-refractivity contribution is 5.83. The average Bonchev–Trinajstić information content (AvgIpc) is 2.87. The first-order valence-electron chi connectivity index (χ1n) is 7.29. The highest BCUT2D eigenvalue weighted by Gasteiger charge is 2.40. The number of ether oxygens (including phenoxy) is 1. The van der Waals surface area contributed by atoms with Gasteiger partial charge in [-0.3, -0.25) is 9.59 Å². The van der Waals surface area contributed by atoms with E-state index in [2.05, 4.69) is 0 Å². The van der Waals surface area contributed by atoms with Gasteiger partial charge in [0.1, 0.15) is 5.75 Å². The molecular formula is C16H21NO4. The lowest BCUT2D eigenvalue weighted by molar-refractivity contribution is -0.144. The molecule has 1 aromatic carbocycles. The zero-order valence-electron chi connectivity index (χ0n) is 12.4. The average molecular weight is 291 g/mol. The summed E-state index contributed by atoms with van der Waals surface area (Å²) in [6.45, 7) is 4.16. The second-order valence-electron chi connectivity index (χ2n) is 5.33. The summed E-state index contributed by atoms with van der Waals surface area (Å²) in [5, 5.41) is 9.15. The molecule has 1 aliphatic heterocycles. The van der Waals surface area contributed by atoms with Crippen LogP contribution in [0, 0.1) is 5.92 Å². The smallest absolute Gasteiger partial charge is 0.308 e. The summed E-state index contributed by atoms with van der Waals surface area (Å²) in [4.78, 5) is 25.3. The summed E-state index contributed by atoms with van der Waals surface area (Å²) >= 11 is 0. The van der Waals surface area contributed by atoms with Crippen LogP contribution in [0.5, 0.6) is 5.75 Å². The number of amides is 1. The molecule has 0 radical (unpaired) electrons. The number of rotatable bonds is 5. The number of hydrogen-bond donors (Lipinski definition) is 1. The summed E-state index contributed by atoms with van der Waals surface area (Å²) in [7, 11) is 0. The van der Waals surface area contributed by atoms with Gasteiger partial charge in [0, 0.05) is 12.6 Å². The maximum atomic E-state index is 12.6. The fourth-order valence-corrected chi connectivity index (χ4v) is 2.74. The van der Waals surface area contributed by atoms with Crippen LogP contribution in [0.1, 0.15) is 26.7 Å². The lowest BCUT2D eigenvalue weighted by Gasteiger charge is -2.27. The van der Waals surface area contributed by atoms with E-state index in [0.717, 1.165) is 0 Å². The number of aliphatic carboxylic acids is 1. The van der Waals surface area contributed by atoms with Crippen molar-refractivity contribution in [1.82, 2.24) is 4.90 Å². The van der Waals surface area contributed by atoms with Gasteiger partial charge in [-0.1, -0.05) is 25.1 Å². The molecule has 21 heavy (non-hydrogen) atoms. The van der Waals surface area contributed by atoms with Gasteiger partial charge in [0.25, 0.3) is 5.91 Å². The summed E-state index contributed by atoms with van der Waals surface area (Å²) in [5.41, 5.74) is 0. The van der Waals surface area contributed by atoms with Crippen LogP contribution < -0.4 is 4.74 Å². The SMILES string of the molecule is CCC(Oc1ccccc1)C(=O)N1CCC(C(=O)O)C1C. The summed E-state index contributed by atoms with van der Waals surface area (Å²) in [5.74, 6) is -0.796. The number of carbonyl (C=O) groups is 2. The Hall–Kier alpha value is -2.04. The number of likely N-dealkylation sites (tertiary alicyclic amines) is 1. The molecule has 5 heteroatoms. The Kier molecular flexibility index (Phi) is 4.83. The maximum Gasteiger partial charge on any atom is 0.308 e. The standard InChI is InChI=1S/C16H21NO4/c1-3-14(21-12-7-5-4-6-8-12)15(18)17-10-9-13(11(17)2)16(19)20/h4-8,11,13-14H,3,9-10H2,1-2H3,(H,19,20). The predicted molar refractivity (Wildman–Crippen MR) is 78.1 cm³/mol. The van der Waals surface area contributed by atoms with Crippen molar-refractivity contribution in [2.24, 2.45) is 5.92 Å². The Morgan fingerprint density at radius 2 is 2.05 bits per heavy atom. The van der Waals surface area contributed by atoms with Crippen molar-refractivity contribution in [3.8, 4) is 5.75 Å². The zero-order valence-corrected chi connectivity index (χ0v) is 12.4. The first-order chi connectivity index (χ1) is 10.0. The maximum absolute atomic E-state index is 12.6. The number of nitrogens with zero attached hydrogens (tertiary/aromatic N) is 1. The second kappa shape index (κ2) is 6.61. The fourth-order valence-electron chi connectivity index (χ4n) is 2.74. The van der Waals surface area contributed by atoms with Gasteiger partial charge in [0.15, 0.2) is 6.10 Å². The molecule has 1 aliphatic rings. The minimum atomic E-state index is -0.838. The van der Waals surface area contributed by atoms with Crippen LogP contribution in [-0.2, 0) is 9.59 Å². The third-order valence-corrected chi connectivity index (χ3v) is 4.02. The zero-order chi connectivity index (χ0) is 15.4. The number of carboxylic acid groups (broad SMARTS) is 1. The van der Waals surface area contributed by atoms with Crippen molar-refractivity contribution in [2.45, 2.75) is 38.8 Å².